The van der Waals surface area contributed by atoms with Crippen molar-refractivity contribution in [1.29, 1.82) is 0 Å². The lowest BCUT2D eigenvalue weighted by atomic mass is 9.63. The maximum atomic E-state index is 12.9. The van der Waals surface area contributed by atoms with Crippen molar-refractivity contribution in [2.24, 2.45) is 5.73 Å². The van der Waals surface area contributed by atoms with E-state index >= 15 is 0 Å². The molecule has 0 atom stereocenters. The first kappa shape index (κ1) is 10.5. The largest absolute Gasteiger partial charge is 0.330 e. The predicted octanol–water partition coefficient (Wildman–Crippen LogP) is 2.02. The van der Waals surface area contributed by atoms with Crippen LogP contribution in [0.2, 0.25) is 0 Å². The van der Waals surface area contributed by atoms with Crippen LogP contribution in [0.4, 0.5) is 8.78 Å². The number of nitrogens with zero attached hydrogens (tertiary/aromatic N) is 1. The second-order valence-electron chi connectivity index (χ2n) is 4.41. The summed E-state index contributed by atoms with van der Waals surface area (Å²) >= 11 is 0. The van der Waals surface area contributed by atoms with Crippen LogP contribution in [0.15, 0.2) is 18.3 Å². The molecule has 0 radical (unpaired) electrons. The third-order valence-corrected chi connectivity index (χ3v) is 3.04. The van der Waals surface area contributed by atoms with Gasteiger partial charge >= 0.3 is 0 Å². The van der Waals surface area contributed by atoms with Crippen LogP contribution in [0.5, 0.6) is 0 Å². The highest BCUT2D eigenvalue weighted by atomic mass is 19.3. The lowest BCUT2D eigenvalue weighted by Gasteiger charge is -2.46. The minimum atomic E-state index is -2.56. The molecule has 1 heterocycles. The monoisotopic (exact) mass is 212 g/mol. The lowest BCUT2D eigenvalue weighted by Crippen LogP contribution is -2.54. The maximum Gasteiger partial charge on any atom is 0.250 e. The summed E-state index contributed by atoms with van der Waals surface area (Å²) in [5.74, 6) is -2.56. The van der Waals surface area contributed by atoms with E-state index in [1.807, 2.05) is 19.1 Å². The lowest BCUT2D eigenvalue weighted by molar-refractivity contribution is -0.125. The van der Waals surface area contributed by atoms with Crippen molar-refractivity contribution in [1.82, 2.24) is 4.98 Å². The average Bonchev–Trinajstić information content (AvgIpc) is 2.13. The average molecular weight is 212 g/mol. The van der Waals surface area contributed by atoms with Crippen LogP contribution >= 0.6 is 0 Å². The molecule has 1 aliphatic rings. The molecule has 2 N–H and O–H groups in total. The molecule has 0 amide bonds. The number of hydrogen-bond donors (Lipinski definition) is 1. The summed E-state index contributed by atoms with van der Waals surface area (Å²) in [5, 5.41) is 0. The van der Waals surface area contributed by atoms with Crippen molar-refractivity contribution >= 4 is 0 Å². The van der Waals surface area contributed by atoms with Gasteiger partial charge in [0.2, 0.25) is 5.92 Å². The van der Waals surface area contributed by atoms with E-state index in [4.69, 9.17) is 5.73 Å². The highest BCUT2D eigenvalue weighted by Crippen LogP contribution is 2.52. The van der Waals surface area contributed by atoms with Crippen LogP contribution < -0.4 is 5.73 Å². The molecule has 15 heavy (non-hydrogen) atoms. The van der Waals surface area contributed by atoms with E-state index in [-0.39, 0.29) is 19.4 Å². The van der Waals surface area contributed by atoms with Gasteiger partial charge in [-0.25, -0.2) is 8.78 Å². The van der Waals surface area contributed by atoms with Gasteiger partial charge in [-0.3, -0.25) is 4.98 Å². The summed E-state index contributed by atoms with van der Waals surface area (Å²) < 4.78 is 25.8. The van der Waals surface area contributed by atoms with Crippen LogP contribution in [0.25, 0.3) is 0 Å². The highest BCUT2D eigenvalue weighted by Gasteiger charge is 2.57. The van der Waals surface area contributed by atoms with Crippen molar-refractivity contribution in [3.8, 4) is 0 Å². The van der Waals surface area contributed by atoms with Gasteiger partial charge in [-0.15, -0.1) is 0 Å². The maximum absolute atomic E-state index is 12.9. The molecule has 0 aromatic carbocycles. The first-order valence-electron chi connectivity index (χ1n) is 4.99. The SMILES string of the molecule is Cc1ccnc(C2(CN)CC(F)(F)C2)c1. The van der Waals surface area contributed by atoms with Crippen molar-refractivity contribution in [3.63, 3.8) is 0 Å². The third kappa shape index (κ3) is 1.74. The topological polar surface area (TPSA) is 38.9 Å². The van der Waals surface area contributed by atoms with Crippen molar-refractivity contribution in [3.05, 3.63) is 29.6 Å². The molecule has 0 unspecified atom stereocenters. The fourth-order valence-electron chi connectivity index (χ4n) is 2.19. The summed E-state index contributed by atoms with van der Waals surface area (Å²) in [6.07, 6.45) is 1.30. The summed E-state index contributed by atoms with van der Waals surface area (Å²) in [7, 11) is 0. The Bertz CT molecular complexity index is 369. The van der Waals surface area contributed by atoms with Crippen LogP contribution in [0.1, 0.15) is 24.1 Å². The fourth-order valence-corrected chi connectivity index (χ4v) is 2.19. The molecule has 1 aromatic heterocycles. The minimum absolute atomic E-state index is 0.174. The number of halogens is 2. The number of nitrogens with two attached hydrogens (primary N) is 1. The Morgan fingerprint density at radius 2 is 2.13 bits per heavy atom. The Labute approximate surface area is 87.5 Å². The molecule has 1 aromatic rings. The van der Waals surface area contributed by atoms with Gasteiger partial charge in [0.05, 0.1) is 0 Å². The molecule has 4 heteroatoms. The number of rotatable bonds is 2. The molecule has 1 fully saturated rings. The van der Waals surface area contributed by atoms with E-state index in [0.717, 1.165) is 5.56 Å². The summed E-state index contributed by atoms with van der Waals surface area (Å²) in [5.41, 5.74) is 6.73. The van der Waals surface area contributed by atoms with Gasteiger partial charge in [0.25, 0.3) is 0 Å². The van der Waals surface area contributed by atoms with Gasteiger partial charge in [0, 0.05) is 36.7 Å². The Hall–Kier alpha value is -1.03. The summed E-state index contributed by atoms with van der Waals surface area (Å²) in [6.45, 7) is 2.16. The van der Waals surface area contributed by atoms with E-state index in [1.165, 1.54) is 0 Å². The number of hydrogen-bond acceptors (Lipinski definition) is 2. The summed E-state index contributed by atoms with van der Waals surface area (Å²) in [6, 6.07) is 3.70. The van der Waals surface area contributed by atoms with Crippen molar-refractivity contribution < 1.29 is 8.78 Å². The van der Waals surface area contributed by atoms with Crippen LogP contribution in [-0.4, -0.2) is 17.5 Å². The molecule has 1 saturated carbocycles. The molecule has 82 valence electrons. The Morgan fingerprint density at radius 1 is 1.47 bits per heavy atom. The van der Waals surface area contributed by atoms with E-state index < -0.39 is 11.3 Å². The smallest absolute Gasteiger partial charge is 0.250 e. The first-order valence-corrected chi connectivity index (χ1v) is 4.99. The van der Waals surface area contributed by atoms with Crippen molar-refractivity contribution in [2.45, 2.75) is 31.1 Å². The Balaban J connectivity index is 2.29. The molecule has 2 nitrogen and oxygen atoms in total. The molecule has 0 bridgehead atoms. The highest BCUT2D eigenvalue weighted by molar-refractivity contribution is 5.28. The first-order chi connectivity index (χ1) is 6.97. The molecule has 0 saturated heterocycles. The van der Waals surface area contributed by atoms with Crippen LogP contribution in [-0.2, 0) is 5.41 Å². The second-order valence-corrected chi connectivity index (χ2v) is 4.41. The zero-order valence-electron chi connectivity index (χ0n) is 8.63. The second kappa shape index (κ2) is 3.23. The quantitative estimate of drug-likeness (QED) is 0.814. The molecular weight excluding hydrogens is 198 g/mol. The van der Waals surface area contributed by atoms with Crippen LogP contribution in [0, 0.1) is 6.92 Å². The molecule has 1 aliphatic carbocycles. The van der Waals surface area contributed by atoms with Gasteiger partial charge in [-0.1, -0.05) is 0 Å². The Kier molecular flexibility index (Phi) is 2.26. The molecule has 2 rings (SSSR count). The van der Waals surface area contributed by atoms with E-state index in [0.29, 0.717) is 5.69 Å². The number of aromatic nitrogens is 1. The molecule has 0 spiro atoms. The predicted molar refractivity (Wildman–Crippen MR) is 53.9 cm³/mol. The van der Waals surface area contributed by atoms with Crippen molar-refractivity contribution in [2.75, 3.05) is 6.54 Å². The van der Waals surface area contributed by atoms with E-state index in [2.05, 4.69) is 4.98 Å². The van der Waals surface area contributed by atoms with Gasteiger partial charge < -0.3 is 5.73 Å². The number of pyridine rings is 1. The number of alkyl halides is 2. The van der Waals surface area contributed by atoms with E-state index in [1.54, 1.807) is 6.20 Å². The van der Waals surface area contributed by atoms with Gasteiger partial charge in [0.15, 0.2) is 0 Å². The van der Waals surface area contributed by atoms with Gasteiger partial charge in [-0.2, -0.15) is 0 Å². The molecule has 0 aliphatic heterocycles. The van der Waals surface area contributed by atoms with Gasteiger partial charge in [0.1, 0.15) is 0 Å². The normalized spacial score (nSPS) is 22.1. The zero-order valence-corrected chi connectivity index (χ0v) is 8.63. The van der Waals surface area contributed by atoms with Gasteiger partial charge in [-0.05, 0) is 24.6 Å². The number of aryl methyl sites for hydroxylation is 1. The van der Waals surface area contributed by atoms with Crippen LogP contribution in [0.3, 0.4) is 0 Å². The minimum Gasteiger partial charge on any atom is -0.330 e. The zero-order chi connectivity index (χ0) is 11.1. The fraction of sp³-hybridized carbons (Fsp3) is 0.545. The van der Waals surface area contributed by atoms with E-state index in [9.17, 15) is 8.78 Å². The Morgan fingerprint density at radius 3 is 2.60 bits per heavy atom. The standard InChI is InChI=1S/C11H14F2N2/c1-8-2-3-15-9(4-8)10(7-14)5-11(12,13)6-10/h2-4H,5-7,14H2,1H3. The summed E-state index contributed by atoms with van der Waals surface area (Å²) in [4.78, 5) is 4.16. The third-order valence-electron chi connectivity index (χ3n) is 3.04. The molecular formula is C11H14F2N2.